The van der Waals surface area contributed by atoms with Gasteiger partial charge in [-0.2, -0.15) is 13.2 Å². The average molecular weight is 354 g/mol. The summed E-state index contributed by atoms with van der Waals surface area (Å²) in [7, 11) is 0. The summed E-state index contributed by atoms with van der Waals surface area (Å²) in [6, 6.07) is 9.84. The first kappa shape index (κ1) is 18.6. The van der Waals surface area contributed by atoms with E-state index in [2.05, 4.69) is 0 Å². The normalized spacial score (nSPS) is 13.5. The van der Waals surface area contributed by atoms with Crippen molar-refractivity contribution in [1.29, 1.82) is 0 Å². The summed E-state index contributed by atoms with van der Waals surface area (Å²) in [5, 5.41) is 0.455. The van der Waals surface area contributed by atoms with Gasteiger partial charge in [0.25, 0.3) is 0 Å². The molecule has 0 aliphatic heterocycles. The minimum atomic E-state index is -4.37. The van der Waals surface area contributed by atoms with Gasteiger partial charge in [0.1, 0.15) is 0 Å². The smallest absolute Gasteiger partial charge is 0.326 e. The van der Waals surface area contributed by atoms with Crippen molar-refractivity contribution < 1.29 is 13.2 Å². The van der Waals surface area contributed by atoms with Crippen molar-refractivity contribution >= 4 is 17.7 Å². The Kier molecular flexibility index (Phi) is 5.73. The van der Waals surface area contributed by atoms with Crippen LogP contribution in [-0.4, -0.2) is 6.18 Å². The molecule has 128 valence electrons. The molecule has 0 bridgehead atoms. The van der Waals surface area contributed by atoms with Crippen LogP contribution in [0.2, 0.25) is 5.02 Å². The second kappa shape index (κ2) is 7.41. The molecule has 0 saturated carbocycles. The van der Waals surface area contributed by atoms with Crippen LogP contribution in [0.5, 0.6) is 0 Å². The third-order valence-corrected chi connectivity index (χ3v) is 4.39. The van der Waals surface area contributed by atoms with Crippen LogP contribution in [0.3, 0.4) is 0 Å². The van der Waals surface area contributed by atoms with Crippen LogP contribution in [0.25, 0.3) is 6.08 Å². The first-order valence-electron chi connectivity index (χ1n) is 7.53. The molecule has 1 atom stereocenters. The summed E-state index contributed by atoms with van der Waals surface area (Å²) in [6.07, 6.45) is -1.70. The SMILES string of the molecule is Cc1cc(C(/C=C/c2ccc(CN)c(C)c2)C(F)(F)F)ccc1Cl. The molecule has 5 heteroatoms. The number of benzene rings is 2. The zero-order chi connectivity index (χ0) is 17.9. The van der Waals surface area contributed by atoms with Crippen molar-refractivity contribution in [2.45, 2.75) is 32.5 Å². The second-order valence-corrected chi connectivity index (χ2v) is 6.18. The molecule has 0 saturated heterocycles. The van der Waals surface area contributed by atoms with Crippen LogP contribution in [0, 0.1) is 13.8 Å². The Morgan fingerprint density at radius 2 is 1.79 bits per heavy atom. The summed E-state index contributed by atoms with van der Waals surface area (Å²) in [4.78, 5) is 0. The Labute approximate surface area is 144 Å². The minimum absolute atomic E-state index is 0.177. The standard InChI is InChI=1S/C19H19ClF3N/c1-12-9-14(3-5-16(12)11-24)4-7-17(19(21,22)23)15-6-8-18(20)13(2)10-15/h3-10,17H,11,24H2,1-2H3/b7-4+. The van der Waals surface area contributed by atoms with Gasteiger partial charge in [0.2, 0.25) is 0 Å². The molecule has 2 aromatic rings. The lowest BCUT2D eigenvalue weighted by atomic mass is 9.95. The van der Waals surface area contributed by atoms with Crippen molar-refractivity contribution in [3.05, 3.63) is 75.3 Å². The van der Waals surface area contributed by atoms with Crippen LogP contribution in [0.4, 0.5) is 13.2 Å². The molecule has 0 aromatic heterocycles. The lowest BCUT2D eigenvalue weighted by Crippen LogP contribution is -2.19. The lowest BCUT2D eigenvalue weighted by molar-refractivity contribution is -0.139. The topological polar surface area (TPSA) is 26.0 Å². The Balaban J connectivity index is 2.36. The van der Waals surface area contributed by atoms with Crippen LogP contribution in [0.15, 0.2) is 42.5 Å². The predicted octanol–water partition coefficient (Wildman–Crippen LogP) is 5.77. The number of alkyl halides is 3. The zero-order valence-electron chi connectivity index (χ0n) is 13.5. The largest absolute Gasteiger partial charge is 0.399 e. The summed E-state index contributed by atoms with van der Waals surface area (Å²) >= 11 is 5.91. The molecule has 2 N–H and O–H groups in total. The van der Waals surface area contributed by atoms with Gasteiger partial charge >= 0.3 is 6.18 Å². The summed E-state index contributed by atoms with van der Waals surface area (Å²) in [5.41, 5.74) is 9.06. The molecule has 0 aliphatic rings. The minimum Gasteiger partial charge on any atom is -0.326 e. The van der Waals surface area contributed by atoms with E-state index in [1.54, 1.807) is 13.0 Å². The van der Waals surface area contributed by atoms with Gasteiger partial charge in [-0.15, -0.1) is 0 Å². The summed E-state index contributed by atoms with van der Waals surface area (Å²) in [5.74, 6) is -1.68. The van der Waals surface area contributed by atoms with E-state index in [4.69, 9.17) is 17.3 Å². The van der Waals surface area contributed by atoms with Crippen LogP contribution >= 0.6 is 11.6 Å². The molecule has 0 heterocycles. The van der Waals surface area contributed by atoms with E-state index >= 15 is 0 Å². The highest BCUT2D eigenvalue weighted by Gasteiger charge is 2.38. The van der Waals surface area contributed by atoms with Crippen molar-refractivity contribution in [3.63, 3.8) is 0 Å². The van der Waals surface area contributed by atoms with Crippen molar-refractivity contribution in [2.24, 2.45) is 5.73 Å². The van der Waals surface area contributed by atoms with Gasteiger partial charge in [-0.3, -0.25) is 0 Å². The van der Waals surface area contributed by atoms with E-state index in [-0.39, 0.29) is 5.56 Å². The molecule has 1 unspecified atom stereocenters. The molecule has 0 radical (unpaired) electrons. The highest BCUT2D eigenvalue weighted by atomic mass is 35.5. The quantitative estimate of drug-likeness (QED) is 0.741. The van der Waals surface area contributed by atoms with Gasteiger partial charge < -0.3 is 5.73 Å². The molecule has 0 aliphatic carbocycles. The highest BCUT2D eigenvalue weighted by Crippen LogP contribution is 2.37. The van der Waals surface area contributed by atoms with E-state index in [1.807, 2.05) is 19.1 Å². The number of allylic oxidation sites excluding steroid dienone is 1. The monoisotopic (exact) mass is 353 g/mol. The Morgan fingerprint density at radius 3 is 2.33 bits per heavy atom. The summed E-state index contributed by atoms with van der Waals surface area (Å²) < 4.78 is 40.3. The van der Waals surface area contributed by atoms with Gasteiger partial charge in [-0.1, -0.05) is 54.1 Å². The van der Waals surface area contributed by atoms with Gasteiger partial charge in [-0.05, 0) is 47.7 Å². The van der Waals surface area contributed by atoms with Crippen LogP contribution in [0.1, 0.15) is 33.7 Å². The fourth-order valence-corrected chi connectivity index (χ4v) is 2.65. The molecular weight excluding hydrogens is 335 g/mol. The molecular formula is C19H19ClF3N. The van der Waals surface area contributed by atoms with E-state index < -0.39 is 12.1 Å². The second-order valence-electron chi connectivity index (χ2n) is 5.78. The van der Waals surface area contributed by atoms with E-state index in [0.717, 1.165) is 11.1 Å². The molecule has 2 rings (SSSR count). The average Bonchev–Trinajstić information content (AvgIpc) is 2.50. The molecule has 2 aromatic carbocycles. The van der Waals surface area contributed by atoms with Crippen LogP contribution in [-0.2, 0) is 6.54 Å². The Hall–Kier alpha value is -1.78. The third-order valence-electron chi connectivity index (χ3n) is 3.96. The molecule has 0 fully saturated rings. The highest BCUT2D eigenvalue weighted by molar-refractivity contribution is 6.31. The maximum atomic E-state index is 13.4. The van der Waals surface area contributed by atoms with E-state index in [9.17, 15) is 13.2 Å². The van der Waals surface area contributed by atoms with Crippen LogP contribution < -0.4 is 5.73 Å². The van der Waals surface area contributed by atoms with Crippen molar-refractivity contribution in [1.82, 2.24) is 0 Å². The zero-order valence-corrected chi connectivity index (χ0v) is 14.2. The molecule has 1 nitrogen and oxygen atoms in total. The third kappa shape index (κ3) is 4.40. The molecule has 0 spiro atoms. The van der Waals surface area contributed by atoms with Crippen molar-refractivity contribution in [2.75, 3.05) is 0 Å². The number of hydrogen-bond donors (Lipinski definition) is 1. The first-order chi connectivity index (χ1) is 11.2. The first-order valence-corrected chi connectivity index (χ1v) is 7.90. The Morgan fingerprint density at radius 1 is 1.08 bits per heavy atom. The number of hydrogen-bond acceptors (Lipinski definition) is 1. The van der Waals surface area contributed by atoms with Gasteiger partial charge in [0.05, 0.1) is 5.92 Å². The van der Waals surface area contributed by atoms with E-state index in [0.29, 0.717) is 22.7 Å². The number of halogens is 4. The maximum Gasteiger partial charge on any atom is 0.399 e. The fraction of sp³-hybridized carbons (Fsp3) is 0.263. The predicted molar refractivity (Wildman–Crippen MR) is 93.1 cm³/mol. The Bertz CT molecular complexity index is 751. The molecule has 0 amide bonds. The fourth-order valence-electron chi connectivity index (χ4n) is 2.53. The van der Waals surface area contributed by atoms with E-state index in [1.165, 1.54) is 30.4 Å². The molecule has 24 heavy (non-hydrogen) atoms. The number of aryl methyl sites for hydroxylation is 2. The van der Waals surface area contributed by atoms with Gasteiger partial charge in [-0.25, -0.2) is 0 Å². The summed E-state index contributed by atoms with van der Waals surface area (Å²) in [6.45, 7) is 3.99. The lowest BCUT2D eigenvalue weighted by Gasteiger charge is -2.18. The van der Waals surface area contributed by atoms with Gasteiger partial charge in [0.15, 0.2) is 0 Å². The number of rotatable bonds is 4. The van der Waals surface area contributed by atoms with Crippen molar-refractivity contribution in [3.8, 4) is 0 Å². The number of nitrogens with two attached hydrogens (primary N) is 1. The van der Waals surface area contributed by atoms with Gasteiger partial charge in [0, 0.05) is 11.6 Å². The maximum absolute atomic E-state index is 13.4.